The number of amides is 1. The Morgan fingerprint density at radius 1 is 1.42 bits per heavy atom. The molecule has 3 rings (SSSR count). The van der Waals surface area contributed by atoms with Crippen LogP contribution in [-0.2, 0) is 13.5 Å². The van der Waals surface area contributed by atoms with E-state index < -0.39 is 0 Å². The number of benzene rings is 1. The summed E-state index contributed by atoms with van der Waals surface area (Å²) in [6.45, 7) is 0.543. The normalized spacial score (nSPS) is 18.2. The van der Waals surface area contributed by atoms with Gasteiger partial charge in [0.2, 0.25) is 0 Å². The fourth-order valence-corrected chi connectivity index (χ4v) is 2.52. The number of para-hydroxylation sites is 1. The number of hydrogen-bond acceptors (Lipinski definition) is 3. The second-order valence-corrected chi connectivity index (χ2v) is 4.90. The molecule has 1 aromatic heterocycles. The Hall–Kier alpha value is -2.14. The van der Waals surface area contributed by atoms with E-state index in [0.717, 1.165) is 17.7 Å². The summed E-state index contributed by atoms with van der Waals surface area (Å²) in [6.07, 6.45) is 4.03. The zero-order chi connectivity index (χ0) is 13.4. The molecule has 19 heavy (non-hydrogen) atoms. The number of carbonyl (C=O) groups excluding carboxylic acids is 1. The van der Waals surface area contributed by atoms with Gasteiger partial charge in [-0.3, -0.25) is 4.79 Å². The number of anilines is 1. The van der Waals surface area contributed by atoms with E-state index in [2.05, 4.69) is 4.98 Å². The Balaban J connectivity index is 2.02. The van der Waals surface area contributed by atoms with Crippen molar-refractivity contribution in [3.05, 3.63) is 48.0 Å². The number of aryl methyl sites for hydroxylation is 1. The molecule has 98 valence electrons. The fraction of sp³-hybridized carbons (Fsp3) is 0.286. The Labute approximate surface area is 111 Å². The maximum atomic E-state index is 12.6. The largest absolute Gasteiger partial charge is 0.330 e. The molecule has 1 atom stereocenters. The van der Waals surface area contributed by atoms with Gasteiger partial charge in [-0.2, -0.15) is 0 Å². The van der Waals surface area contributed by atoms with E-state index in [1.807, 2.05) is 31.3 Å². The van der Waals surface area contributed by atoms with Gasteiger partial charge in [0.05, 0.1) is 12.5 Å². The van der Waals surface area contributed by atoms with Gasteiger partial charge in [0.25, 0.3) is 5.91 Å². The van der Waals surface area contributed by atoms with E-state index in [-0.39, 0.29) is 11.9 Å². The van der Waals surface area contributed by atoms with Crippen LogP contribution in [0.5, 0.6) is 0 Å². The maximum Gasteiger partial charge on any atom is 0.276 e. The van der Waals surface area contributed by atoms with Crippen LogP contribution < -0.4 is 10.6 Å². The van der Waals surface area contributed by atoms with Crippen LogP contribution in [0.25, 0.3) is 0 Å². The summed E-state index contributed by atoms with van der Waals surface area (Å²) in [4.78, 5) is 18.3. The van der Waals surface area contributed by atoms with Crippen LogP contribution >= 0.6 is 0 Å². The smallest absolute Gasteiger partial charge is 0.276 e. The van der Waals surface area contributed by atoms with Crippen molar-refractivity contribution in [3.8, 4) is 0 Å². The van der Waals surface area contributed by atoms with Crippen molar-refractivity contribution >= 4 is 11.6 Å². The monoisotopic (exact) mass is 256 g/mol. The van der Waals surface area contributed by atoms with Gasteiger partial charge in [0.1, 0.15) is 5.69 Å². The second kappa shape index (κ2) is 4.51. The number of nitrogens with zero attached hydrogens (tertiary/aromatic N) is 3. The molecule has 1 amide bonds. The first-order chi connectivity index (χ1) is 9.16. The number of aromatic nitrogens is 2. The number of hydrogen-bond donors (Lipinski definition) is 1. The van der Waals surface area contributed by atoms with Crippen LogP contribution in [0.3, 0.4) is 0 Å². The van der Waals surface area contributed by atoms with Gasteiger partial charge >= 0.3 is 0 Å². The standard InChI is InChI=1S/C14H16N4O/c1-17-9-16-7-13(17)14(19)18-8-11(15)6-10-4-2-3-5-12(10)18/h2-5,7,9,11H,6,8,15H2,1H3. The van der Waals surface area contributed by atoms with Crippen LogP contribution in [0, 0.1) is 0 Å². The zero-order valence-electron chi connectivity index (χ0n) is 10.8. The molecular formula is C14H16N4O. The van der Waals surface area contributed by atoms with Crippen LogP contribution in [0.4, 0.5) is 5.69 Å². The van der Waals surface area contributed by atoms with E-state index in [1.54, 1.807) is 22.0 Å². The molecular weight excluding hydrogens is 240 g/mol. The molecule has 1 aromatic carbocycles. The third-order valence-electron chi connectivity index (χ3n) is 3.46. The van der Waals surface area contributed by atoms with E-state index in [1.165, 1.54) is 0 Å². The highest BCUT2D eigenvalue weighted by atomic mass is 16.2. The van der Waals surface area contributed by atoms with E-state index in [4.69, 9.17) is 5.73 Å². The Bertz CT molecular complexity index is 619. The van der Waals surface area contributed by atoms with Crippen molar-refractivity contribution < 1.29 is 4.79 Å². The summed E-state index contributed by atoms with van der Waals surface area (Å²) in [6, 6.07) is 7.89. The third-order valence-corrected chi connectivity index (χ3v) is 3.46. The molecule has 0 aliphatic carbocycles. The van der Waals surface area contributed by atoms with Gasteiger partial charge in [-0.15, -0.1) is 0 Å². The Kier molecular flexibility index (Phi) is 2.83. The summed E-state index contributed by atoms with van der Waals surface area (Å²) in [5, 5.41) is 0. The summed E-state index contributed by atoms with van der Waals surface area (Å²) < 4.78 is 1.73. The Morgan fingerprint density at radius 3 is 2.95 bits per heavy atom. The molecule has 5 nitrogen and oxygen atoms in total. The average molecular weight is 256 g/mol. The highest BCUT2D eigenvalue weighted by Crippen LogP contribution is 2.27. The van der Waals surface area contributed by atoms with Crippen molar-refractivity contribution in [3.63, 3.8) is 0 Å². The molecule has 0 bridgehead atoms. The van der Waals surface area contributed by atoms with Gasteiger partial charge in [-0.25, -0.2) is 4.98 Å². The lowest BCUT2D eigenvalue weighted by Crippen LogP contribution is -2.46. The number of nitrogens with two attached hydrogens (primary N) is 1. The van der Waals surface area contributed by atoms with Crippen LogP contribution in [0.1, 0.15) is 16.1 Å². The molecule has 0 fully saturated rings. The zero-order valence-corrected chi connectivity index (χ0v) is 10.8. The van der Waals surface area contributed by atoms with Gasteiger partial charge in [-0.05, 0) is 18.1 Å². The van der Waals surface area contributed by atoms with Gasteiger partial charge in [0.15, 0.2) is 0 Å². The minimum atomic E-state index is -0.0531. The molecule has 1 unspecified atom stereocenters. The van der Waals surface area contributed by atoms with Gasteiger partial charge in [0, 0.05) is 25.3 Å². The maximum absolute atomic E-state index is 12.6. The number of fused-ring (bicyclic) bond motifs is 1. The van der Waals surface area contributed by atoms with Crippen molar-refractivity contribution in [1.29, 1.82) is 0 Å². The molecule has 0 saturated carbocycles. The van der Waals surface area contributed by atoms with Gasteiger partial charge in [-0.1, -0.05) is 18.2 Å². The van der Waals surface area contributed by atoms with E-state index in [9.17, 15) is 4.79 Å². The third kappa shape index (κ3) is 2.02. The molecule has 2 aromatic rings. The molecule has 0 saturated heterocycles. The van der Waals surface area contributed by atoms with E-state index in [0.29, 0.717) is 12.2 Å². The predicted molar refractivity (Wildman–Crippen MR) is 73.0 cm³/mol. The van der Waals surface area contributed by atoms with Crippen molar-refractivity contribution in [2.45, 2.75) is 12.5 Å². The minimum Gasteiger partial charge on any atom is -0.330 e. The summed E-state index contributed by atoms with van der Waals surface area (Å²) in [5.41, 5.74) is 8.70. The molecule has 1 aliphatic rings. The number of rotatable bonds is 1. The average Bonchev–Trinajstić information content (AvgIpc) is 2.83. The van der Waals surface area contributed by atoms with Crippen LogP contribution in [-0.4, -0.2) is 28.0 Å². The molecule has 2 heterocycles. The van der Waals surface area contributed by atoms with Crippen molar-refractivity contribution in [2.24, 2.45) is 12.8 Å². The number of imidazole rings is 1. The van der Waals surface area contributed by atoms with Crippen LogP contribution in [0.15, 0.2) is 36.8 Å². The van der Waals surface area contributed by atoms with Crippen molar-refractivity contribution in [2.75, 3.05) is 11.4 Å². The topological polar surface area (TPSA) is 64.2 Å². The SMILES string of the molecule is Cn1cncc1C(=O)N1CC(N)Cc2ccccc21. The summed E-state index contributed by atoms with van der Waals surface area (Å²) >= 11 is 0. The van der Waals surface area contributed by atoms with Gasteiger partial charge < -0.3 is 15.2 Å². The minimum absolute atomic E-state index is 0.0212. The highest BCUT2D eigenvalue weighted by Gasteiger charge is 2.28. The molecule has 1 aliphatic heterocycles. The molecule has 2 N–H and O–H groups in total. The second-order valence-electron chi connectivity index (χ2n) is 4.90. The van der Waals surface area contributed by atoms with Crippen LogP contribution in [0.2, 0.25) is 0 Å². The first kappa shape index (κ1) is 11.9. The predicted octanol–water partition coefficient (Wildman–Crippen LogP) is 0.950. The Morgan fingerprint density at radius 2 is 2.21 bits per heavy atom. The number of carbonyl (C=O) groups is 1. The quantitative estimate of drug-likeness (QED) is 0.826. The summed E-state index contributed by atoms with van der Waals surface area (Å²) in [7, 11) is 1.82. The van der Waals surface area contributed by atoms with E-state index >= 15 is 0 Å². The first-order valence-electron chi connectivity index (χ1n) is 6.28. The lowest BCUT2D eigenvalue weighted by molar-refractivity contribution is 0.0975. The first-order valence-corrected chi connectivity index (χ1v) is 6.28. The molecule has 5 heteroatoms. The lowest BCUT2D eigenvalue weighted by atomic mass is 9.98. The lowest BCUT2D eigenvalue weighted by Gasteiger charge is -2.32. The molecule has 0 spiro atoms. The fourth-order valence-electron chi connectivity index (χ4n) is 2.52. The summed E-state index contributed by atoms with van der Waals surface area (Å²) in [5.74, 6) is -0.0531. The highest BCUT2D eigenvalue weighted by molar-refractivity contribution is 6.05. The molecule has 0 radical (unpaired) electrons. The van der Waals surface area contributed by atoms with Crippen molar-refractivity contribution in [1.82, 2.24) is 9.55 Å².